The number of phenolic OH excluding ortho intramolecular Hbond substituents is 2. The second-order valence-electron chi connectivity index (χ2n) is 21.3. The fraction of sp³-hybridized carbons (Fsp3) is 0.452. The maximum absolute atomic E-state index is 14.1. The number of fused-ring (bicyclic) bond motifs is 10. The quantitative estimate of drug-likeness (QED) is 0.0309. The Hall–Kier alpha value is -8.46. The molecule has 460 valence electrons. The SMILES string of the molecule is CCOCC(COCCOCC(=O)NCC(=O)O[C@]1(CC)C(=O)OCc2c1cc1n(c2=O)Cc2c-1nc1ccc(O)cc1c2CC)OCCOCC(=O)NCC(=O)CO[C@]1(CC)C(=O)OCc2c1cc1n(c2=O)Cc2c-1nc1ccc(O)cc1c2CC. The number of carbonyl (C=O) groups excluding carboxylic acids is 6. The Kier molecular flexibility index (Phi) is 18.6. The molecule has 1 unspecified atom stereocenters. The van der Waals surface area contributed by atoms with Crippen LogP contribution in [0.25, 0.3) is 44.6 Å². The highest BCUT2D eigenvalue weighted by molar-refractivity contribution is 5.93. The summed E-state index contributed by atoms with van der Waals surface area (Å²) in [7, 11) is 0. The van der Waals surface area contributed by atoms with Gasteiger partial charge in [-0.25, -0.2) is 19.6 Å². The smallest absolute Gasteiger partial charge is 0.355 e. The summed E-state index contributed by atoms with van der Waals surface area (Å²) in [4.78, 5) is 117. The fourth-order valence-electron chi connectivity index (χ4n) is 11.8. The van der Waals surface area contributed by atoms with Gasteiger partial charge < -0.3 is 72.6 Å². The number of aromatic hydroxyl groups is 2. The van der Waals surface area contributed by atoms with Crippen molar-refractivity contribution in [3.05, 3.63) is 114 Å². The minimum absolute atomic E-state index is 0.000322. The molecular formula is C62H68N6O19. The second kappa shape index (κ2) is 26.3. The number of nitrogens with zero attached hydrogens (tertiary/aromatic N) is 4. The molecule has 87 heavy (non-hydrogen) atoms. The number of ketones is 1. The van der Waals surface area contributed by atoms with E-state index in [1.165, 1.54) is 6.07 Å². The Morgan fingerprint density at radius 3 is 1.63 bits per heavy atom. The highest BCUT2D eigenvalue weighted by atomic mass is 16.6. The van der Waals surface area contributed by atoms with Crippen molar-refractivity contribution < 1.29 is 81.6 Å². The molecule has 0 saturated heterocycles. The highest BCUT2D eigenvalue weighted by Gasteiger charge is 2.51. The van der Waals surface area contributed by atoms with Crippen LogP contribution in [0.3, 0.4) is 0 Å². The normalized spacial score (nSPS) is 17.3. The number of hydrogen-bond acceptors (Lipinski definition) is 21. The Morgan fingerprint density at radius 2 is 1.10 bits per heavy atom. The number of Topliss-reactive ketones (excluding diaryl/α,β-unsaturated/α-hetero) is 1. The van der Waals surface area contributed by atoms with Gasteiger partial charge in [-0.2, -0.15) is 0 Å². The third-order valence-corrected chi connectivity index (χ3v) is 16.1. The van der Waals surface area contributed by atoms with Gasteiger partial charge >= 0.3 is 17.9 Å². The van der Waals surface area contributed by atoms with Gasteiger partial charge in [-0.15, -0.1) is 0 Å². The van der Waals surface area contributed by atoms with Crippen LogP contribution in [-0.2, 0) is 122 Å². The molecule has 10 rings (SSSR count). The predicted octanol–water partition coefficient (Wildman–Crippen LogP) is 3.56. The maximum atomic E-state index is 14.1. The lowest BCUT2D eigenvalue weighted by atomic mass is 9.85. The number of aryl methyl sites for hydroxylation is 2. The maximum Gasteiger partial charge on any atom is 0.355 e. The number of cyclic esters (lactones) is 2. The average Bonchev–Trinajstić information content (AvgIpc) is 1.72. The predicted molar refractivity (Wildman–Crippen MR) is 308 cm³/mol. The van der Waals surface area contributed by atoms with Crippen LogP contribution < -0.4 is 21.8 Å². The van der Waals surface area contributed by atoms with E-state index in [-0.39, 0.29) is 118 Å². The van der Waals surface area contributed by atoms with E-state index in [1.54, 1.807) is 65.4 Å². The number of benzene rings is 2. The fourth-order valence-corrected chi connectivity index (χ4v) is 11.8. The molecule has 25 heteroatoms. The lowest BCUT2D eigenvalue weighted by Crippen LogP contribution is -2.48. The Morgan fingerprint density at radius 1 is 0.609 bits per heavy atom. The topological polar surface area (TPSA) is 320 Å². The molecule has 0 spiro atoms. The molecule has 0 fully saturated rings. The van der Waals surface area contributed by atoms with E-state index in [0.29, 0.717) is 53.3 Å². The number of carbonyl (C=O) groups is 6. The summed E-state index contributed by atoms with van der Waals surface area (Å²) in [5.41, 5.74) is 3.12. The van der Waals surface area contributed by atoms with Crippen molar-refractivity contribution in [3.63, 3.8) is 0 Å². The van der Waals surface area contributed by atoms with Crippen LogP contribution in [-0.4, -0.2) is 150 Å². The van der Waals surface area contributed by atoms with Crippen molar-refractivity contribution in [2.24, 2.45) is 0 Å². The summed E-state index contributed by atoms with van der Waals surface area (Å²) < 4.78 is 54.0. The lowest BCUT2D eigenvalue weighted by molar-refractivity contribution is -0.189. The first-order chi connectivity index (χ1) is 42.0. The summed E-state index contributed by atoms with van der Waals surface area (Å²) >= 11 is 0. The van der Waals surface area contributed by atoms with Crippen LogP contribution in [0.5, 0.6) is 11.5 Å². The molecular weight excluding hydrogens is 1130 g/mol. The Balaban J connectivity index is 0.633. The van der Waals surface area contributed by atoms with E-state index < -0.39 is 91.3 Å². The molecule has 0 radical (unpaired) electrons. The van der Waals surface area contributed by atoms with Crippen molar-refractivity contribution in [2.45, 2.75) is 104 Å². The Bertz CT molecular complexity index is 3860. The number of pyridine rings is 4. The van der Waals surface area contributed by atoms with Gasteiger partial charge in [-0.05, 0) is 92.3 Å². The number of hydrogen-bond donors (Lipinski definition) is 4. The largest absolute Gasteiger partial charge is 0.508 e. The lowest BCUT2D eigenvalue weighted by Gasteiger charge is -2.36. The zero-order valence-corrected chi connectivity index (χ0v) is 49.0. The van der Waals surface area contributed by atoms with Crippen molar-refractivity contribution in [1.29, 1.82) is 0 Å². The molecule has 6 aromatic rings. The summed E-state index contributed by atoms with van der Waals surface area (Å²) in [6, 6.07) is 13.2. The first kappa shape index (κ1) is 61.6. The standard InChI is InChI=1S/C62H68N6O19/c1-6-38-40-19-34(69)11-13-48(40)65-55-42(38)25-67-50(55)21-46-44(57(67)75)30-84-59(77)61(46,8-3)86-27-36(71)23-63-52(72)32-82-17-18-83-37(28-79-10-5)29-80-15-16-81-33-53(73)64-24-54(74)87-62(9-4)47-22-51-56-43(26-68(51)58(76)45(47)31-85-60(62)78)39(7-2)41-20-35(70)12-14-49(41)66-56/h11-14,19-22,37,69-70H,6-10,15-18,23-33H2,1-5H3,(H,63,72)(H,64,73)/t37?,61-,62-/m0/s1. The summed E-state index contributed by atoms with van der Waals surface area (Å²) in [6.07, 6.45) is 0.636. The molecule has 25 nitrogen and oxygen atoms in total. The monoisotopic (exact) mass is 1200 g/mol. The summed E-state index contributed by atoms with van der Waals surface area (Å²) in [5.74, 6) is -4.19. The van der Waals surface area contributed by atoms with Crippen LogP contribution in [0.1, 0.15) is 92.0 Å². The number of ether oxygens (including phenoxy) is 9. The molecule has 4 aliphatic rings. The first-order valence-corrected chi connectivity index (χ1v) is 29.0. The molecule has 0 aliphatic carbocycles. The molecule has 4 N–H and O–H groups in total. The zero-order chi connectivity index (χ0) is 61.7. The average molecular weight is 1200 g/mol. The van der Waals surface area contributed by atoms with Gasteiger partial charge in [0, 0.05) is 39.6 Å². The van der Waals surface area contributed by atoms with Gasteiger partial charge in [-0.1, -0.05) is 27.7 Å². The second-order valence-corrected chi connectivity index (χ2v) is 21.3. The van der Waals surface area contributed by atoms with Crippen LogP contribution >= 0.6 is 0 Å². The van der Waals surface area contributed by atoms with Crippen molar-refractivity contribution in [1.82, 2.24) is 29.7 Å². The van der Waals surface area contributed by atoms with Crippen molar-refractivity contribution in [2.75, 3.05) is 79.2 Å². The van der Waals surface area contributed by atoms with E-state index in [4.69, 9.17) is 52.6 Å². The van der Waals surface area contributed by atoms with Crippen LogP contribution in [0.15, 0.2) is 58.1 Å². The van der Waals surface area contributed by atoms with E-state index in [1.807, 2.05) is 20.8 Å². The van der Waals surface area contributed by atoms with Gasteiger partial charge in [0.15, 0.2) is 11.4 Å². The molecule has 4 aromatic heterocycles. The van der Waals surface area contributed by atoms with Gasteiger partial charge in [0.1, 0.15) is 57.2 Å². The van der Waals surface area contributed by atoms with Crippen molar-refractivity contribution in [3.8, 4) is 34.3 Å². The minimum Gasteiger partial charge on any atom is -0.508 e. The summed E-state index contributed by atoms with van der Waals surface area (Å²) in [6.45, 7) is 7.21. The molecule has 8 heterocycles. The molecule has 0 saturated carbocycles. The molecule has 2 amide bonds. The number of amides is 2. The third-order valence-electron chi connectivity index (χ3n) is 16.1. The van der Waals surface area contributed by atoms with Gasteiger partial charge in [0.2, 0.25) is 17.4 Å². The van der Waals surface area contributed by atoms with Crippen LogP contribution in [0.2, 0.25) is 0 Å². The van der Waals surface area contributed by atoms with Crippen LogP contribution in [0.4, 0.5) is 0 Å². The van der Waals surface area contributed by atoms with Gasteiger partial charge in [0.05, 0.1) is 104 Å². The molecule has 3 atom stereocenters. The summed E-state index contributed by atoms with van der Waals surface area (Å²) in [5, 5.41) is 26.9. The Labute approximate surface area is 498 Å². The minimum atomic E-state index is -1.98. The zero-order valence-electron chi connectivity index (χ0n) is 49.0. The van der Waals surface area contributed by atoms with Gasteiger partial charge in [0.25, 0.3) is 11.1 Å². The third kappa shape index (κ3) is 12.1. The van der Waals surface area contributed by atoms with E-state index in [9.17, 15) is 48.6 Å². The number of rotatable bonds is 28. The number of esters is 3. The first-order valence-electron chi connectivity index (χ1n) is 29.0. The molecule has 4 aliphatic heterocycles. The number of aromatic nitrogens is 4. The van der Waals surface area contributed by atoms with Gasteiger partial charge in [-0.3, -0.25) is 28.8 Å². The number of nitrogens with one attached hydrogen (secondary N) is 2. The molecule has 2 aromatic carbocycles. The van der Waals surface area contributed by atoms with E-state index in [0.717, 1.165) is 33.0 Å². The number of phenols is 2. The van der Waals surface area contributed by atoms with E-state index in [2.05, 4.69) is 10.6 Å². The molecule has 0 bridgehead atoms. The van der Waals surface area contributed by atoms with Crippen LogP contribution in [0, 0.1) is 0 Å². The van der Waals surface area contributed by atoms with E-state index >= 15 is 0 Å². The highest BCUT2D eigenvalue weighted by Crippen LogP contribution is 2.44. The van der Waals surface area contributed by atoms with Crippen molar-refractivity contribution >= 4 is 57.3 Å².